The number of hydrogen-bond donors (Lipinski definition) is 2. The van der Waals surface area contributed by atoms with Crippen LogP contribution in [0.3, 0.4) is 0 Å². The Morgan fingerprint density at radius 1 is 1.40 bits per heavy atom. The minimum Gasteiger partial charge on any atom is -0.508 e. The van der Waals surface area contributed by atoms with Crippen LogP contribution in [0.5, 0.6) is 5.75 Å². The number of nitrogens with zero attached hydrogens (tertiary/aromatic N) is 1. The molecule has 7 heteroatoms. The summed E-state index contributed by atoms with van der Waals surface area (Å²) >= 11 is 6.12. The number of aliphatic carboxylic acids is 1. The Kier molecular flexibility index (Phi) is 4.10. The maximum absolute atomic E-state index is 12.2. The smallest absolute Gasteiger partial charge is 0.326 e. The van der Waals surface area contributed by atoms with Crippen LogP contribution >= 0.6 is 24.0 Å². The molecule has 1 aliphatic heterocycles. The Labute approximate surface area is 124 Å². The summed E-state index contributed by atoms with van der Waals surface area (Å²) in [6.45, 7) is 1.41. The summed E-state index contributed by atoms with van der Waals surface area (Å²) in [5, 5.41) is 18.2. The van der Waals surface area contributed by atoms with E-state index in [4.69, 9.17) is 17.3 Å². The lowest BCUT2D eigenvalue weighted by molar-refractivity contribution is -0.144. The highest BCUT2D eigenvalue weighted by molar-refractivity contribution is 8.26. The Hall–Kier alpha value is -1.86. The van der Waals surface area contributed by atoms with Gasteiger partial charge in [0.05, 0.1) is 4.91 Å². The number of carbonyl (C=O) groups is 2. The number of hydrogen-bond acceptors (Lipinski definition) is 5. The van der Waals surface area contributed by atoms with Crippen molar-refractivity contribution in [3.8, 4) is 5.75 Å². The van der Waals surface area contributed by atoms with Gasteiger partial charge in [0.2, 0.25) is 0 Å². The van der Waals surface area contributed by atoms with E-state index in [1.165, 1.54) is 19.1 Å². The average Bonchev–Trinajstić information content (AvgIpc) is 2.66. The zero-order valence-electron chi connectivity index (χ0n) is 10.4. The molecule has 1 unspecified atom stereocenters. The lowest BCUT2D eigenvalue weighted by Gasteiger charge is -2.18. The number of thioether (sulfide) groups is 1. The number of carboxylic acid groups (broad SMARTS) is 1. The molecule has 104 valence electrons. The van der Waals surface area contributed by atoms with Crippen LogP contribution in [0.25, 0.3) is 6.08 Å². The number of rotatable bonds is 3. The van der Waals surface area contributed by atoms with Crippen molar-refractivity contribution in [2.24, 2.45) is 0 Å². The Morgan fingerprint density at radius 2 is 2.00 bits per heavy atom. The van der Waals surface area contributed by atoms with Gasteiger partial charge in [0.15, 0.2) is 0 Å². The van der Waals surface area contributed by atoms with Gasteiger partial charge in [-0.3, -0.25) is 9.69 Å². The summed E-state index contributed by atoms with van der Waals surface area (Å²) in [6, 6.07) is 5.33. The van der Waals surface area contributed by atoms with Gasteiger partial charge in [-0.15, -0.1) is 0 Å². The van der Waals surface area contributed by atoms with Gasteiger partial charge in [0.25, 0.3) is 5.91 Å². The topological polar surface area (TPSA) is 77.8 Å². The van der Waals surface area contributed by atoms with Gasteiger partial charge in [-0.1, -0.05) is 36.1 Å². The van der Waals surface area contributed by atoms with Crippen LogP contribution in [0, 0.1) is 0 Å². The van der Waals surface area contributed by atoms with Gasteiger partial charge < -0.3 is 10.2 Å². The fourth-order valence-electron chi connectivity index (χ4n) is 1.65. The Balaban J connectivity index is 2.28. The van der Waals surface area contributed by atoms with E-state index < -0.39 is 17.9 Å². The van der Waals surface area contributed by atoms with Crippen LogP contribution in [-0.2, 0) is 9.59 Å². The molecular weight excluding hydrogens is 298 g/mol. The summed E-state index contributed by atoms with van der Waals surface area (Å²) < 4.78 is 0.231. The second-order valence-corrected chi connectivity index (χ2v) is 5.83. The molecule has 1 aliphatic rings. The third kappa shape index (κ3) is 2.83. The molecule has 1 heterocycles. The van der Waals surface area contributed by atoms with E-state index in [1.807, 2.05) is 0 Å². The zero-order chi connectivity index (χ0) is 14.9. The molecule has 1 fully saturated rings. The largest absolute Gasteiger partial charge is 0.508 e. The Bertz CT molecular complexity index is 609. The third-order valence-electron chi connectivity index (χ3n) is 2.76. The summed E-state index contributed by atoms with van der Waals surface area (Å²) in [6.07, 6.45) is 1.62. The maximum Gasteiger partial charge on any atom is 0.326 e. The van der Waals surface area contributed by atoms with Gasteiger partial charge in [0.1, 0.15) is 16.1 Å². The molecule has 2 rings (SSSR count). The molecule has 1 atom stereocenters. The number of amides is 1. The monoisotopic (exact) mass is 309 g/mol. The zero-order valence-corrected chi connectivity index (χ0v) is 12.1. The summed E-state index contributed by atoms with van der Waals surface area (Å²) in [7, 11) is 0. The van der Waals surface area contributed by atoms with E-state index in [0.717, 1.165) is 22.2 Å². The summed E-state index contributed by atoms with van der Waals surface area (Å²) in [4.78, 5) is 24.6. The summed E-state index contributed by atoms with van der Waals surface area (Å²) in [5.41, 5.74) is 0.728. The summed E-state index contributed by atoms with van der Waals surface area (Å²) in [5.74, 6) is -1.38. The van der Waals surface area contributed by atoms with E-state index in [2.05, 4.69) is 0 Å². The molecule has 0 saturated carbocycles. The number of carbonyl (C=O) groups excluding carboxylic acids is 1. The van der Waals surface area contributed by atoms with E-state index in [1.54, 1.807) is 18.2 Å². The molecule has 1 aromatic carbocycles. The lowest BCUT2D eigenvalue weighted by atomic mass is 10.2. The van der Waals surface area contributed by atoms with Crippen LogP contribution in [0.2, 0.25) is 0 Å². The van der Waals surface area contributed by atoms with Crippen molar-refractivity contribution >= 4 is 46.3 Å². The number of phenolic OH excluding ortho intramolecular Hbond substituents is 1. The first-order valence-corrected chi connectivity index (χ1v) is 6.91. The number of benzene rings is 1. The van der Waals surface area contributed by atoms with Gasteiger partial charge >= 0.3 is 5.97 Å². The molecule has 2 N–H and O–H groups in total. The molecule has 0 spiro atoms. The fraction of sp³-hybridized carbons (Fsp3) is 0.154. The van der Waals surface area contributed by atoms with Crippen molar-refractivity contribution in [1.29, 1.82) is 0 Å². The number of carboxylic acids is 1. The van der Waals surface area contributed by atoms with Gasteiger partial charge in [-0.05, 0) is 30.7 Å². The van der Waals surface area contributed by atoms with Crippen molar-refractivity contribution in [2.75, 3.05) is 0 Å². The van der Waals surface area contributed by atoms with Crippen molar-refractivity contribution in [2.45, 2.75) is 13.0 Å². The van der Waals surface area contributed by atoms with Crippen LogP contribution in [0.4, 0.5) is 0 Å². The van der Waals surface area contributed by atoms with Crippen molar-refractivity contribution in [1.82, 2.24) is 4.90 Å². The molecule has 20 heavy (non-hydrogen) atoms. The molecule has 1 amide bonds. The van der Waals surface area contributed by atoms with E-state index in [0.29, 0.717) is 4.91 Å². The normalized spacial score (nSPS) is 18.6. The standard InChI is InChI=1S/C13H11NO4S2/c1-7(12(17)18)14-11(16)10(20-13(14)19)6-8-2-4-9(15)5-3-8/h2-7,15H,1H3,(H,17,18). The highest BCUT2D eigenvalue weighted by Gasteiger charge is 2.38. The van der Waals surface area contributed by atoms with Crippen LogP contribution in [-0.4, -0.2) is 37.4 Å². The minimum absolute atomic E-state index is 0.134. The lowest BCUT2D eigenvalue weighted by Crippen LogP contribution is -2.41. The predicted octanol–water partition coefficient (Wildman–Crippen LogP) is 2.07. The molecule has 0 aromatic heterocycles. The highest BCUT2D eigenvalue weighted by atomic mass is 32.2. The average molecular weight is 309 g/mol. The van der Waals surface area contributed by atoms with Crippen LogP contribution in [0.15, 0.2) is 29.2 Å². The number of thiocarbonyl (C=S) groups is 1. The van der Waals surface area contributed by atoms with Gasteiger partial charge in [-0.25, -0.2) is 4.79 Å². The third-order valence-corrected chi connectivity index (χ3v) is 4.09. The maximum atomic E-state index is 12.2. The molecule has 0 aliphatic carbocycles. The quantitative estimate of drug-likeness (QED) is 0.657. The van der Waals surface area contributed by atoms with E-state index in [-0.39, 0.29) is 10.1 Å². The van der Waals surface area contributed by atoms with E-state index in [9.17, 15) is 14.7 Å². The Morgan fingerprint density at radius 3 is 2.55 bits per heavy atom. The van der Waals surface area contributed by atoms with Crippen molar-refractivity contribution in [3.05, 3.63) is 34.7 Å². The molecule has 1 saturated heterocycles. The second-order valence-electron chi connectivity index (χ2n) is 4.16. The van der Waals surface area contributed by atoms with Crippen LogP contribution in [0.1, 0.15) is 12.5 Å². The SMILES string of the molecule is CC(C(=O)O)N1C(=O)C(=Cc2ccc(O)cc2)SC1=S. The fourth-order valence-corrected chi connectivity index (χ4v) is 3.06. The first-order chi connectivity index (χ1) is 9.40. The first kappa shape index (κ1) is 14.5. The van der Waals surface area contributed by atoms with Gasteiger partial charge in [0, 0.05) is 0 Å². The van der Waals surface area contributed by atoms with Gasteiger partial charge in [-0.2, -0.15) is 0 Å². The molecule has 0 radical (unpaired) electrons. The second kappa shape index (κ2) is 5.64. The van der Waals surface area contributed by atoms with Crippen molar-refractivity contribution in [3.63, 3.8) is 0 Å². The highest BCUT2D eigenvalue weighted by Crippen LogP contribution is 2.34. The van der Waals surface area contributed by atoms with Crippen LogP contribution < -0.4 is 0 Å². The predicted molar refractivity (Wildman–Crippen MR) is 80.2 cm³/mol. The first-order valence-electron chi connectivity index (χ1n) is 5.69. The molecule has 5 nitrogen and oxygen atoms in total. The number of aromatic hydroxyl groups is 1. The van der Waals surface area contributed by atoms with E-state index >= 15 is 0 Å². The minimum atomic E-state index is -1.10. The van der Waals surface area contributed by atoms with Crippen molar-refractivity contribution < 1.29 is 19.8 Å². The molecule has 1 aromatic rings. The molecular formula is C13H11NO4S2. The molecule has 0 bridgehead atoms. The number of phenols is 1.